The highest BCUT2D eigenvalue weighted by Crippen LogP contribution is 2.56. The van der Waals surface area contributed by atoms with Crippen molar-refractivity contribution in [1.29, 1.82) is 0 Å². The first-order valence-electron chi connectivity index (χ1n) is 11.7. The lowest BCUT2D eigenvalue weighted by Crippen LogP contribution is -2.64. The molecule has 0 bridgehead atoms. The van der Waals surface area contributed by atoms with E-state index in [1.807, 2.05) is 0 Å². The van der Waals surface area contributed by atoms with E-state index in [-0.39, 0.29) is 17.5 Å². The van der Waals surface area contributed by atoms with Gasteiger partial charge < -0.3 is 31.3 Å². The van der Waals surface area contributed by atoms with Crippen molar-refractivity contribution in [2.75, 3.05) is 14.1 Å². The van der Waals surface area contributed by atoms with Crippen LogP contribution in [0.3, 0.4) is 0 Å². The van der Waals surface area contributed by atoms with E-state index in [1.54, 1.807) is 36.4 Å². The van der Waals surface area contributed by atoms with Crippen LogP contribution in [-0.2, 0) is 9.59 Å². The Balaban J connectivity index is 1.78. The maximum absolute atomic E-state index is 13.8. The highest BCUT2D eigenvalue weighted by Gasteiger charge is 2.64. The summed E-state index contributed by atoms with van der Waals surface area (Å²) in [5.41, 5.74) is 2.33. The Bertz CT molecular complexity index is 1430. The number of nitrogens with two attached hydrogens (primary N) is 1. The minimum absolute atomic E-state index is 0.157. The predicted octanol–water partition coefficient (Wildman–Crippen LogP) is 1.28. The first-order chi connectivity index (χ1) is 17.4. The van der Waals surface area contributed by atoms with Crippen molar-refractivity contribution in [1.82, 2.24) is 4.90 Å². The van der Waals surface area contributed by atoms with Gasteiger partial charge in [0.25, 0.3) is 5.91 Å². The lowest BCUT2D eigenvalue weighted by molar-refractivity contribution is -0.149. The number of hydrogen-bond acceptors (Lipinski definition) is 9. The molecule has 0 fully saturated rings. The van der Waals surface area contributed by atoms with E-state index in [0.717, 1.165) is 0 Å². The molecule has 2 aromatic rings. The van der Waals surface area contributed by atoms with Gasteiger partial charge in [0.15, 0.2) is 11.4 Å². The van der Waals surface area contributed by atoms with E-state index in [2.05, 4.69) is 0 Å². The first kappa shape index (κ1) is 24.7. The third-order valence-corrected chi connectivity index (χ3v) is 7.78. The fourth-order valence-corrected chi connectivity index (χ4v) is 6.16. The Morgan fingerprint density at radius 3 is 2.30 bits per heavy atom. The average Bonchev–Trinajstić information content (AvgIpc) is 2.84. The number of rotatable bonds is 3. The average molecular weight is 507 g/mol. The number of hydrogen-bond donors (Lipinski definition) is 6. The van der Waals surface area contributed by atoms with E-state index >= 15 is 0 Å². The van der Waals surface area contributed by atoms with Crippen LogP contribution in [0.4, 0.5) is 0 Å². The standard InChI is InChI=1S/C27H26N2O8/c1-29(2)20-14-10-13-17(24(34)27(14,37)25(35)19(23(20)33)26(28)36)22(32)18-15(30)9-8-12(16(18)21(13)31)11-6-4-3-5-7-11/h3-9,13-14,20-21,30-31,33-34,37H,10H2,1-2H3,(H2,28,36)/t13-,14-,20-,21-,27-/m0/s1. The van der Waals surface area contributed by atoms with Crippen molar-refractivity contribution in [2.24, 2.45) is 17.6 Å². The monoisotopic (exact) mass is 506 g/mol. The number of amides is 1. The number of aromatic hydroxyl groups is 1. The first-order valence-corrected chi connectivity index (χ1v) is 11.7. The SMILES string of the molecule is CN(C)[C@@H]1C(O)=C(C(N)=O)C(=O)[C@@]2(O)C(O)=C3C(=O)c4c(O)ccc(-c5ccccc5)c4[C@@H](O)[C@H]3C[C@@H]12. The molecular formula is C27H26N2O8. The second kappa shape index (κ2) is 8.27. The van der Waals surface area contributed by atoms with Gasteiger partial charge in [0.1, 0.15) is 22.8 Å². The normalized spacial score (nSPS) is 29.2. The second-order valence-corrected chi connectivity index (χ2v) is 9.90. The van der Waals surface area contributed by atoms with E-state index in [4.69, 9.17) is 5.73 Å². The molecule has 0 aliphatic heterocycles. The summed E-state index contributed by atoms with van der Waals surface area (Å²) in [5, 5.41) is 56.0. The summed E-state index contributed by atoms with van der Waals surface area (Å²) >= 11 is 0. The van der Waals surface area contributed by atoms with Crippen molar-refractivity contribution in [3.63, 3.8) is 0 Å². The number of primary amides is 1. The van der Waals surface area contributed by atoms with Crippen LogP contribution in [0.25, 0.3) is 11.1 Å². The molecule has 3 aliphatic carbocycles. The molecule has 5 rings (SSSR count). The van der Waals surface area contributed by atoms with Gasteiger partial charge in [0.05, 0.1) is 17.7 Å². The molecule has 10 nitrogen and oxygen atoms in total. The molecule has 7 N–H and O–H groups in total. The number of likely N-dealkylation sites (N-methyl/N-ethyl adjacent to an activating group) is 1. The zero-order valence-corrected chi connectivity index (χ0v) is 20.0. The number of phenols is 1. The number of aliphatic hydroxyl groups is 4. The van der Waals surface area contributed by atoms with Crippen molar-refractivity contribution in [3.8, 4) is 16.9 Å². The number of benzene rings is 2. The summed E-state index contributed by atoms with van der Waals surface area (Å²) in [6.07, 6.45) is -1.63. The van der Waals surface area contributed by atoms with Crippen LogP contribution >= 0.6 is 0 Å². The van der Waals surface area contributed by atoms with E-state index in [1.165, 1.54) is 25.1 Å². The maximum Gasteiger partial charge on any atom is 0.255 e. The molecule has 0 saturated heterocycles. The van der Waals surface area contributed by atoms with Gasteiger partial charge in [-0.1, -0.05) is 36.4 Å². The van der Waals surface area contributed by atoms with Gasteiger partial charge in [-0.25, -0.2) is 0 Å². The van der Waals surface area contributed by atoms with Crippen LogP contribution in [-0.4, -0.2) is 73.6 Å². The van der Waals surface area contributed by atoms with E-state index in [0.29, 0.717) is 11.1 Å². The third-order valence-electron chi connectivity index (χ3n) is 7.78. The number of aliphatic hydroxyl groups excluding tert-OH is 3. The summed E-state index contributed by atoms with van der Waals surface area (Å²) < 4.78 is 0. The topological polar surface area (TPSA) is 182 Å². The highest BCUT2D eigenvalue weighted by atomic mass is 16.3. The Kier molecular flexibility index (Phi) is 5.52. The molecule has 0 saturated carbocycles. The quantitative estimate of drug-likeness (QED) is 0.334. The molecule has 0 radical (unpaired) electrons. The van der Waals surface area contributed by atoms with Crippen LogP contribution in [0.5, 0.6) is 5.75 Å². The van der Waals surface area contributed by atoms with E-state index in [9.17, 15) is 39.9 Å². The number of Topliss-reactive ketones (excluding diaryl/α,β-unsaturated/α-hetero) is 2. The van der Waals surface area contributed by atoms with Gasteiger partial charge in [-0.2, -0.15) is 0 Å². The fourth-order valence-electron chi connectivity index (χ4n) is 6.16. The zero-order valence-electron chi connectivity index (χ0n) is 20.0. The fraction of sp³-hybridized carbons (Fsp3) is 0.296. The Labute approximate surface area is 211 Å². The lowest BCUT2D eigenvalue weighted by atomic mass is 9.57. The largest absolute Gasteiger partial charge is 0.510 e. The molecule has 0 unspecified atom stereocenters. The van der Waals surface area contributed by atoms with Crippen LogP contribution in [0.1, 0.15) is 28.4 Å². The van der Waals surface area contributed by atoms with Crippen molar-refractivity contribution < 1.29 is 39.9 Å². The number of carbonyl (C=O) groups excluding carboxylic acids is 3. The van der Waals surface area contributed by atoms with E-state index < -0.39 is 75.5 Å². The third kappa shape index (κ3) is 3.19. The molecule has 192 valence electrons. The second-order valence-electron chi connectivity index (χ2n) is 9.90. The van der Waals surface area contributed by atoms with Crippen LogP contribution in [0.2, 0.25) is 0 Å². The zero-order chi connectivity index (χ0) is 27.0. The molecule has 37 heavy (non-hydrogen) atoms. The number of fused-ring (bicyclic) bond motifs is 3. The highest BCUT2D eigenvalue weighted by molar-refractivity contribution is 6.25. The van der Waals surface area contributed by atoms with Gasteiger partial charge in [0, 0.05) is 23.0 Å². The minimum atomic E-state index is -2.77. The van der Waals surface area contributed by atoms with Crippen LogP contribution < -0.4 is 5.73 Å². The number of carbonyl (C=O) groups is 3. The molecule has 1 amide bonds. The number of phenolic OH excluding ortho intramolecular Hbond substituents is 1. The van der Waals surface area contributed by atoms with Gasteiger partial charge >= 0.3 is 0 Å². The van der Waals surface area contributed by atoms with Gasteiger partial charge in [-0.3, -0.25) is 19.3 Å². The summed E-state index contributed by atoms with van der Waals surface area (Å²) in [6.45, 7) is 0. The molecule has 0 heterocycles. The summed E-state index contributed by atoms with van der Waals surface area (Å²) in [4.78, 5) is 40.6. The minimum Gasteiger partial charge on any atom is -0.510 e. The Morgan fingerprint density at radius 2 is 1.70 bits per heavy atom. The van der Waals surface area contributed by atoms with Crippen molar-refractivity contribution in [2.45, 2.75) is 24.2 Å². The number of nitrogens with zero attached hydrogens (tertiary/aromatic N) is 1. The molecule has 2 aromatic carbocycles. The summed E-state index contributed by atoms with van der Waals surface area (Å²) in [5.74, 6) is -7.96. The van der Waals surface area contributed by atoms with Gasteiger partial charge in [0.2, 0.25) is 5.78 Å². The smallest absolute Gasteiger partial charge is 0.255 e. The number of ketones is 2. The molecule has 5 atom stereocenters. The molecular weight excluding hydrogens is 480 g/mol. The van der Waals surface area contributed by atoms with Crippen molar-refractivity contribution >= 4 is 17.5 Å². The van der Waals surface area contributed by atoms with Crippen molar-refractivity contribution in [3.05, 3.63) is 76.3 Å². The lowest BCUT2D eigenvalue weighted by Gasteiger charge is -2.51. The summed E-state index contributed by atoms with van der Waals surface area (Å²) in [6, 6.07) is 10.7. The maximum atomic E-state index is 13.8. The Hall–Kier alpha value is -3.99. The summed E-state index contributed by atoms with van der Waals surface area (Å²) in [7, 11) is 3.07. The molecule has 0 aromatic heterocycles. The van der Waals surface area contributed by atoms with Crippen LogP contribution in [0, 0.1) is 11.8 Å². The van der Waals surface area contributed by atoms with Gasteiger partial charge in [-0.15, -0.1) is 0 Å². The predicted molar refractivity (Wildman–Crippen MR) is 130 cm³/mol. The molecule has 3 aliphatic rings. The molecule has 0 spiro atoms. The Morgan fingerprint density at radius 1 is 1.05 bits per heavy atom. The van der Waals surface area contributed by atoms with Gasteiger partial charge in [-0.05, 0) is 37.7 Å². The van der Waals surface area contributed by atoms with Crippen LogP contribution in [0.15, 0.2) is 65.1 Å². The molecule has 10 heteroatoms.